The molecule has 0 bridgehead atoms. The molecular weight excluding hydrogens is 486 g/mol. The molecule has 13 nitrogen and oxygen atoms in total. The molecule has 37 heavy (non-hydrogen) atoms. The van der Waals surface area contributed by atoms with Crippen LogP contribution < -0.4 is 27.4 Å². The van der Waals surface area contributed by atoms with Gasteiger partial charge in [-0.05, 0) is 49.8 Å². The number of aliphatic hydroxyl groups excluding tert-OH is 1. The van der Waals surface area contributed by atoms with Crippen molar-refractivity contribution in [3.63, 3.8) is 0 Å². The van der Waals surface area contributed by atoms with Gasteiger partial charge < -0.3 is 42.7 Å². The molecule has 0 heterocycles. The first-order valence-corrected chi connectivity index (χ1v) is 11.8. The third-order valence-electron chi connectivity index (χ3n) is 5.43. The van der Waals surface area contributed by atoms with Crippen LogP contribution in [-0.2, 0) is 30.4 Å². The third-order valence-corrected chi connectivity index (χ3v) is 5.43. The zero-order chi connectivity index (χ0) is 28.3. The van der Waals surface area contributed by atoms with Crippen LogP contribution in [0.3, 0.4) is 0 Å². The summed E-state index contributed by atoms with van der Waals surface area (Å²) in [5.74, 6) is -4.55. The van der Waals surface area contributed by atoms with E-state index < -0.39 is 59.9 Å². The lowest BCUT2D eigenvalue weighted by Gasteiger charge is -2.27. The molecule has 0 fully saturated rings. The van der Waals surface area contributed by atoms with Gasteiger partial charge in [-0.1, -0.05) is 26.0 Å². The molecule has 0 aliphatic heterocycles. The first-order chi connectivity index (χ1) is 17.2. The SMILES string of the molecule is CC(C)CC(NC(=O)C(NC(=O)C(N)Cc1ccc(O)cc1)C(C)O)C(=O)NC(CCC(N)=O)C(=O)O. The van der Waals surface area contributed by atoms with Gasteiger partial charge in [0.25, 0.3) is 0 Å². The molecular formula is C24H37N5O8. The maximum atomic E-state index is 13.0. The summed E-state index contributed by atoms with van der Waals surface area (Å²) >= 11 is 0. The van der Waals surface area contributed by atoms with E-state index in [4.69, 9.17) is 11.5 Å². The maximum absolute atomic E-state index is 13.0. The highest BCUT2D eigenvalue weighted by Crippen LogP contribution is 2.11. The van der Waals surface area contributed by atoms with Gasteiger partial charge in [-0.15, -0.1) is 0 Å². The van der Waals surface area contributed by atoms with Gasteiger partial charge in [0.2, 0.25) is 23.6 Å². The summed E-state index contributed by atoms with van der Waals surface area (Å²) < 4.78 is 0. The number of primary amides is 1. The average Bonchev–Trinajstić information content (AvgIpc) is 2.79. The molecule has 4 amide bonds. The smallest absolute Gasteiger partial charge is 0.326 e. The topological polar surface area (TPSA) is 234 Å². The molecule has 1 aromatic carbocycles. The second-order valence-electron chi connectivity index (χ2n) is 9.30. The van der Waals surface area contributed by atoms with E-state index in [1.807, 2.05) is 0 Å². The molecule has 1 rings (SSSR count). The highest BCUT2D eigenvalue weighted by molar-refractivity contribution is 5.94. The highest BCUT2D eigenvalue weighted by Gasteiger charge is 2.32. The summed E-state index contributed by atoms with van der Waals surface area (Å²) in [5.41, 5.74) is 11.7. The number of carboxylic acid groups (broad SMARTS) is 1. The van der Waals surface area contributed by atoms with Gasteiger partial charge in [-0.3, -0.25) is 19.2 Å². The first kappa shape index (κ1) is 31.3. The van der Waals surface area contributed by atoms with Crippen LogP contribution in [0.4, 0.5) is 0 Å². The van der Waals surface area contributed by atoms with E-state index in [1.54, 1.807) is 26.0 Å². The fraction of sp³-hybridized carbons (Fsp3) is 0.542. The van der Waals surface area contributed by atoms with Crippen molar-refractivity contribution >= 4 is 29.6 Å². The number of hydrogen-bond donors (Lipinski definition) is 8. The van der Waals surface area contributed by atoms with Crippen LogP contribution in [0.15, 0.2) is 24.3 Å². The number of aliphatic carboxylic acids is 1. The van der Waals surface area contributed by atoms with Crippen LogP contribution in [0, 0.1) is 5.92 Å². The van der Waals surface area contributed by atoms with Gasteiger partial charge >= 0.3 is 5.97 Å². The van der Waals surface area contributed by atoms with Crippen molar-refractivity contribution in [3.8, 4) is 5.75 Å². The number of phenols is 1. The Morgan fingerprint density at radius 1 is 0.892 bits per heavy atom. The van der Waals surface area contributed by atoms with Crippen molar-refractivity contribution in [1.29, 1.82) is 0 Å². The number of hydrogen-bond acceptors (Lipinski definition) is 8. The van der Waals surface area contributed by atoms with Crippen molar-refractivity contribution < 1.29 is 39.3 Å². The number of phenolic OH excluding ortho intramolecular Hbond substituents is 1. The minimum atomic E-state index is -1.45. The van der Waals surface area contributed by atoms with Crippen molar-refractivity contribution in [1.82, 2.24) is 16.0 Å². The monoisotopic (exact) mass is 523 g/mol. The predicted octanol–water partition coefficient (Wildman–Crippen LogP) is -1.51. The van der Waals surface area contributed by atoms with Gasteiger partial charge in [0, 0.05) is 6.42 Å². The lowest BCUT2D eigenvalue weighted by Crippen LogP contribution is -2.60. The van der Waals surface area contributed by atoms with E-state index in [2.05, 4.69) is 16.0 Å². The molecule has 0 aliphatic carbocycles. The molecule has 5 unspecified atom stereocenters. The van der Waals surface area contributed by atoms with Gasteiger partial charge in [0.05, 0.1) is 12.1 Å². The minimum absolute atomic E-state index is 0.0511. The van der Waals surface area contributed by atoms with Gasteiger partial charge in [0.15, 0.2) is 0 Å². The lowest BCUT2D eigenvalue weighted by atomic mass is 10.0. The maximum Gasteiger partial charge on any atom is 0.326 e. The number of benzene rings is 1. The van der Waals surface area contributed by atoms with Gasteiger partial charge in [-0.25, -0.2) is 4.79 Å². The lowest BCUT2D eigenvalue weighted by molar-refractivity contribution is -0.142. The highest BCUT2D eigenvalue weighted by atomic mass is 16.4. The van der Waals surface area contributed by atoms with Crippen LogP contribution >= 0.6 is 0 Å². The largest absolute Gasteiger partial charge is 0.508 e. The molecule has 0 radical (unpaired) electrons. The normalized spacial score (nSPS) is 15.1. The fourth-order valence-corrected chi connectivity index (χ4v) is 3.42. The standard InChI is InChI=1S/C24H37N5O8/c1-12(2)10-18(22(34)27-17(24(36)37)8-9-19(26)32)28-23(35)20(13(3)30)29-21(33)16(25)11-14-4-6-15(31)7-5-14/h4-7,12-13,16-18,20,30-31H,8-11,25H2,1-3H3,(H2,26,32)(H,27,34)(H,28,35)(H,29,33)(H,36,37). The summed E-state index contributed by atoms with van der Waals surface area (Å²) in [7, 11) is 0. The molecule has 0 saturated carbocycles. The number of carbonyl (C=O) groups excluding carboxylic acids is 4. The number of carbonyl (C=O) groups is 5. The van der Waals surface area contributed by atoms with E-state index >= 15 is 0 Å². The molecule has 10 N–H and O–H groups in total. The minimum Gasteiger partial charge on any atom is -0.508 e. The molecule has 13 heteroatoms. The second kappa shape index (κ2) is 14.8. The Morgan fingerprint density at radius 3 is 1.95 bits per heavy atom. The van der Waals surface area contributed by atoms with Crippen LogP contribution in [0.1, 0.15) is 45.6 Å². The fourth-order valence-electron chi connectivity index (χ4n) is 3.42. The summed E-state index contributed by atoms with van der Waals surface area (Å²) in [6.07, 6.45) is -1.63. The molecule has 0 aromatic heterocycles. The summed E-state index contributed by atoms with van der Waals surface area (Å²) in [6, 6.07) is 0.933. The zero-order valence-electron chi connectivity index (χ0n) is 21.1. The Morgan fingerprint density at radius 2 is 1.46 bits per heavy atom. The molecule has 206 valence electrons. The summed E-state index contributed by atoms with van der Waals surface area (Å²) in [5, 5.41) is 36.0. The molecule has 5 atom stereocenters. The van der Waals surface area contributed by atoms with Gasteiger partial charge in [0.1, 0.15) is 23.9 Å². The van der Waals surface area contributed by atoms with Crippen LogP contribution in [0.2, 0.25) is 0 Å². The van der Waals surface area contributed by atoms with E-state index in [1.165, 1.54) is 19.1 Å². The number of rotatable bonds is 15. The van der Waals surface area contributed by atoms with Crippen LogP contribution in [-0.4, -0.2) is 75.2 Å². The van der Waals surface area contributed by atoms with Crippen molar-refractivity contribution in [2.24, 2.45) is 17.4 Å². The van der Waals surface area contributed by atoms with Crippen molar-refractivity contribution in [2.75, 3.05) is 0 Å². The van der Waals surface area contributed by atoms with E-state index in [-0.39, 0.29) is 37.4 Å². The quantitative estimate of drug-likeness (QED) is 0.133. The Kier molecular flexibility index (Phi) is 12.5. The van der Waals surface area contributed by atoms with Gasteiger partial charge in [-0.2, -0.15) is 0 Å². The Balaban J connectivity index is 2.92. The number of nitrogens with two attached hydrogens (primary N) is 2. The molecule has 1 aromatic rings. The van der Waals surface area contributed by atoms with Crippen molar-refractivity contribution in [3.05, 3.63) is 29.8 Å². The number of carboxylic acids is 1. The number of aliphatic hydroxyl groups is 1. The molecule has 0 spiro atoms. The van der Waals surface area contributed by atoms with E-state index in [9.17, 15) is 39.3 Å². The number of aromatic hydroxyl groups is 1. The number of amides is 4. The molecule has 0 aliphatic rings. The van der Waals surface area contributed by atoms with E-state index in [0.29, 0.717) is 5.56 Å². The predicted molar refractivity (Wildman–Crippen MR) is 133 cm³/mol. The Hall–Kier alpha value is -3.71. The zero-order valence-corrected chi connectivity index (χ0v) is 21.1. The second-order valence-corrected chi connectivity index (χ2v) is 9.30. The Labute approximate surface area is 215 Å². The average molecular weight is 524 g/mol. The molecule has 0 saturated heterocycles. The third kappa shape index (κ3) is 11.3. The van der Waals surface area contributed by atoms with E-state index in [0.717, 1.165) is 0 Å². The van der Waals surface area contributed by atoms with Crippen LogP contribution in [0.5, 0.6) is 5.75 Å². The first-order valence-electron chi connectivity index (χ1n) is 11.8. The summed E-state index contributed by atoms with van der Waals surface area (Å²) in [4.78, 5) is 60.9. The van der Waals surface area contributed by atoms with Crippen LogP contribution in [0.25, 0.3) is 0 Å². The van der Waals surface area contributed by atoms with Crippen molar-refractivity contribution in [2.45, 2.75) is 76.7 Å². The Bertz CT molecular complexity index is 951. The number of nitrogens with one attached hydrogen (secondary N) is 3. The summed E-state index contributed by atoms with van der Waals surface area (Å²) in [6.45, 7) is 4.84.